The first-order valence-electron chi connectivity index (χ1n) is 7.30. The lowest BCUT2D eigenvalue weighted by Crippen LogP contribution is -2.34. The molecule has 1 aliphatic heterocycles. The third kappa shape index (κ3) is 2.71. The molecule has 5 nitrogen and oxygen atoms in total. The number of carbonyl (C=O) groups is 1. The number of carboxylic acids is 1. The minimum Gasteiger partial charge on any atom is -0.481 e. The molecule has 112 valence electrons. The molecule has 2 rings (SSSR count). The number of aryl methyl sites for hydroxylation is 2. The number of anilines is 1. The lowest BCUT2D eigenvalue weighted by Gasteiger charge is -2.26. The van der Waals surface area contributed by atoms with Gasteiger partial charge in [-0.2, -0.15) is 5.26 Å². The predicted molar refractivity (Wildman–Crippen MR) is 80.2 cm³/mol. The van der Waals surface area contributed by atoms with Crippen molar-refractivity contribution in [1.29, 1.82) is 5.26 Å². The van der Waals surface area contributed by atoms with Crippen molar-refractivity contribution in [3.63, 3.8) is 0 Å². The molecule has 1 fully saturated rings. The number of aliphatic carboxylic acids is 1. The van der Waals surface area contributed by atoms with Crippen LogP contribution in [0, 0.1) is 30.6 Å². The van der Waals surface area contributed by atoms with Crippen LogP contribution in [-0.2, 0) is 4.79 Å². The average Bonchev–Trinajstić information content (AvgIpc) is 2.84. The van der Waals surface area contributed by atoms with E-state index < -0.39 is 11.4 Å². The summed E-state index contributed by atoms with van der Waals surface area (Å²) in [7, 11) is 0. The second kappa shape index (κ2) is 5.72. The summed E-state index contributed by atoms with van der Waals surface area (Å²) in [6, 6.07) is 4.09. The Morgan fingerprint density at radius 2 is 2.29 bits per heavy atom. The van der Waals surface area contributed by atoms with Gasteiger partial charge in [0.25, 0.3) is 0 Å². The van der Waals surface area contributed by atoms with Gasteiger partial charge in [0.15, 0.2) is 0 Å². The zero-order valence-corrected chi connectivity index (χ0v) is 12.8. The molecule has 0 spiro atoms. The number of hydrogen-bond acceptors (Lipinski definition) is 4. The van der Waals surface area contributed by atoms with E-state index in [2.05, 4.69) is 11.1 Å². The Kier molecular flexibility index (Phi) is 4.17. The molecule has 21 heavy (non-hydrogen) atoms. The molecule has 1 aromatic rings. The van der Waals surface area contributed by atoms with Gasteiger partial charge in [-0.15, -0.1) is 0 Å². The molecule has 0 bridgehead atoms. The molecule has 1 unspecified atom stereocenters. The van der Waals surface area contributed by atoms with Gasteiger partial charge in [-0.3, -0.25) is 9.78 Å². The smallest absolute Gasteiger partial charge is 0.311 e. The highest BCUT2D eigenvalue weighted by Crippen LogP contribution is 2.39. The molecule has 0 saturated carbocycles. The van der Waals surface area contributed by atoms with Gasteiger partial charge >= 0.3 is 5.97 Å². The van der Waals surface area contributed by atoms with Crippen LogP contribution in [0.4, 0.5) is 5.69 Å². The van der Waals surface area contributed by atoms with Gasteiger partial charge in [-0.25, -0.2) is 0 Å². The van der Waals surface area contributed by atoms with Crippen LogP contribution in [0.3, 0.4) is 0 Å². The number of aromatic nitrogens is 1. The Hall–Kier alpha value is -2.09. The largest absolute Gasteiger partial charge is 0.481 e. The second-order valence-electron chi connectivity index (χ2n) is 5.86. The molecule has 5 heteroatoms. The third-order valence-corrected chi connectivity index (χ3v) is 4.30. The van der Waals surface area contributed by atoms with Gasteiger partial charge in [-0.05, 0) is 32.8 Å². The molecule has 0 aromatic carbocycles. The van der Waals surface area contributed by atoms with Crippen LogP contribution in [0.25, 0.3) is 0 Å². The topological polar surface area (TPSA) is 77.2 Å². The van der Waals surface area contributed by atoms with Crippen LogP contribution < -0.4 is 4.90 Å². The number of rotatable bonds is 4. The molecule has 1 saturated heterocycles. The SMILES string of the molecule is CCCC1(C(=O)O)CCN(c2cc(C)nc(C)c2C#N)C1. The first-order chi connectivity index (χ1) is 9.93. The van der Waals surface area contributed by atoms with Crippen LogP contribution in [0.2, 0.25) is 0 Å². The van der Waals surface area contributed by atoms with Crippen molar-refractivity contribution in [2.24, 2.45) is 5.41 Å². The highest BCUT2D eigenvalue weighted by atomic mass is 16.4. The second-order valence-corrected chi connectivity index (χ2v) is 5.86. The van der Waals surface area contributed by atoms with Crippen molar-refractivity contribution in [3.05, 3.63) is 23.0 Å². The minimum atomic E-state index is -0.729. The summed E-state index contributed by atoms with van der Waals surface area (Å²) in [6.45, 7) is 6.86. The van der Waals surface area contributed by atoms with Crippen LogP contribution in [0.5, 0.6) is 0 Å². The van der Waals surface area contributed by atoms with Gasteiger partial charge in [0, 0.05) is 18.8 Å². The summed E-state index contributed by atoms with van der Waals surface area (Å²) in [5, 5.41) is 19.0. The Labute approximate surface area is 125 Å². The maximum absolute atomic E-state index is 11.7. The van der Waals surface area contributed by atoms with Crippen LogP contribution in [0.1, 0.15) is 43.1 Å². The van der Waals surface area contributed by atoms with E-state index in [1.807, 2.05) is 31.7 Å². The highest BCUT2D eigenvalue weighted by Gasteiger charge is 2.44. The predicted octanol–water partition coefficient (Wildman–Crippen LogP) is 2.65. The number of pyridine rings is 1. The lowest BCUT2D eigenvalue weighted by molar-refractivity contribution is -0.148. The quantitative estimate of drug-likeness (QED) is 0.921. The summed E-state index contributed by atoms with van der Waals surface area (Å²) in [5.74, 6) is -0.729. The first kappa shape index (κ1) is 15.3. The maximum Gasteiger partial charge on any atom is 0.311 e. The molecule has 1 aromatic heterocycles. The zero-order valence-electron chi connectivity index (χ0n) is 12.8. The summed E-state index contributed by atoms with van der Waals surface area (Å²) < 4.78 is 0. The third-order valence-electron chi connectivity index (χ3n) is 4.30. The van der Waals surface area contributed by atoms with Crippen LogP contribution in [-0.4, -0.2) is 29.1 Å². The van der Waals surface area contributed by atoms with E-state index in [1.54, 1.807) is 0 Å². The summed E-state index contributed by atoms with van der Waals surface area (Å²) in [6.07, 6.45) is 2.14. The first-order valence-corrected chi connectivity index (χ1v) is 7.30. The van der Waals surface area contributed by atoms with Crippen molar-refractivity contribution in [1.82, 2.24) is 4.98 Å². The van der Waals surface area contributed by atoms with Crippen LogP contribution >= 0.6 is 0 Å². The molecule has 0 amide bonds. The Bertz CT molecular complexity index is 606. The molecule has 0 aliphatic carbocycles. The van der Waals surface area contributed by atoms with Gasteiger partial charge in [0.1, 0.15) is 6.07 Å². The van der Waals surface area contributed by atoms with Crippen molar-refractivity contribution in [2.45, 2.75) is 40.0 Å². The van der Waals surface area contributed by atoms with Crippen LogP contribution in [0.15, 0.2) is 6.07 Å². The molecule has 0 radical (unpaired) electrons. The van der Waals surface area contributed by atoms with Gasteiger partial charge in [0.05, 0.1) is 22.4 Å². The van der Waals surface area contributed by atoms with Gasteiger partial charge in [-0.1, -0.05) is 13.3 Å². The fourth-order valence-electron chi connectivity index (χ4n) is 3.24. The van der Waals surface area contributed by atoms with Gasteiger partial charge in [0.2, 0.25) is 0 Å². The number of nitrogens with zero attached hydrogens (tertiary/aromatic N) is 3. The Morgan fingerprint density at radius 1 is 1.57 bits per heavy atom. The summed E-state index contributed by atoms with van der Waals surface area (Å²) in [4.78, 5) is 18.0. The monoisotopic (exact) mass is 287 g/mol. The lowest BCUT2D eigenvalue weighted by atomic mass is 9.83. The number of hydrogen-bond donors (Lipinski definition) is 1. The molecular weight excluding hydrogens is 266 g/mol. The Morgan fingerprint density at radius 3 is 2.86 bits per heavy atom. The van der Waals surface area contributed by atoms with E-state index in [1.165, 1.54) is 0 Å². The fourth-order valence-corrected chi connectivity index (χ4v) is 3.24. The molecular formula is C16H21N3O2. The van der Waals surface area contributed by atoms with Crippen molar-refractivity contribution < 1.29 is 9.90 Å². The van der Waals surface area contributed by atoms with Crippen molar-refractivity contribution in [3.8, 4) is 6.07 Å². The average molecular weight is 287 g/mol. The summed E-state index contributed by atoms with van der Waals surface area (Å²) >= 11 is 0. The maximum atomic E-state index is 11.7. The minimum absolute atomic E-state index is 0.466. The van der Waals surface area contributed by atoms with E-state index in [9.17, 15) is 15.2 Å². The Balaban J connectivity index is 2.38. The van der Waals surface area contributed by atoms with E-state index in [-0.39, 0.29) is 0 Å². The standard InChI is InChI=1S/C16H21N3O2/c1-4-5-16(15(20)21)6-7-19(10-16)14-8-11(2)18-12(3)13(14)9-17/h8H,4-7,10H2,1-3H3,(H,20,21). The summed E-state index contributed by atoms with van der Waals surface area (Å²) in [5.41, 5.74) is 2.24. The molecule has 1 atom stereocenters. The van der Waals surface area contributed by atoms with E-state index in [0.29, 0.717) is 37.2 Å². The zero-order chi connectivity index (χ0) is 15.6. The van der Waals surface area contributed by atoms with E-state index in [0.717, 1.165) is 17.8 Å². The highest BCUT2D eigenvalue weighted by molar-refractivity contribution is 5.77. The van der Waals surface area contributed by atoms with E-state index in [4.69, 9.17) is 0 Å². The molecule has 1 aliphatic rings. The van der Waals surface area contributed by atoms with Gasteiger partial charge < -0.3 is 10.0 Å². The normalized spacial score (nSPS) is 21.3. The fraction of sp³-hybridized carbons (Fsp3) is 0.562. The van der Waals surface area contributed by atoms with Crippen molar-refractivity contribution in [2.75, 3.05) is 18.0 Å². The molecule has 1 N–H and O–H groups in total. The number of carboxylic acid groups (broad SMARTS) is 1. The number of nitriles is 1. The van der Waals surface area contributed by atoms with Crippen molar-refractivity contribution >= 4 is 11.7 Å². The molecule has 2 heterocycles. The van der Waals surface area contributed by atoms with E-state index >= 15 is 0 Å².